The van der Waals surface area contributed by atoms with Gasteiger partial charge in [0, 0.05) is 5.92 Å². The number of benzene rings is 1. The molecule has 2 nitrogen and oxygen atoms in total. The second kappa shape index (κ2) is 3.54. The minimum atomic E-state index is -0.162. The van der Waals surface area contributed by atoms with Crippen LogP contribution in [0.5, 0.6) is 0 Å². The van der Waals surface area contributed by atoms with Gasteiger partial charge in [-0.15, -0.1) is 0 Å². The summed E-state index contributed by atoms with van der Waals surface area (Å²) in [6, 6.07) is 10.2. The van der Waals surface area contributed by atoms with Gasteiger partial charge in [-0.3, -0.25) is 4.79 Å². The molecule has 2 rings (SSSR count). The van der Waals surface area contributed by atoms with E-state index in [1.54, 1.807) is 6.92 Å². The highest BCUT2D eigenvalue weighted by Gasteiger charge is 2.46. The van der Waals surface area contributed by atoms with Crippen LogP contribution in [0.2, 0.25) is 0 Å². The lowest BCUT2D eigenvalue weighted by Gasteiger charge is -2.07. The summed E-state index contributed by atoms with van der Waals surface area (Å²) in [5.74, 6) is 0.447. The molecule has 1 fully saturated rings. The van der Waals surface area contributed by atoms with Gasteiger partial charge in [0.2, 0.25) is 0 Å². The zero-order chi connectivity index (χ0) is 10.1. The van der Waals surface area contributed by atoms with Crippen LogP contribution < -0.4 is 0 Å². The largest absolute Gasteiger partial charge is 0.361 e. The molecule has 14 heavy (non-hydrogen) atoms. The highest BCUT2D eigenvalue weighted by atomic mass is 16.6. The van der Waals surface area contributed by atoms with Crippen molar-refractivity contribution in [1.29, 1.82) is 0 Å². The summed E-state index contributed by atoms with van der Waals surface area (Å²) >= 11 is 0. The first kappa shape index (κ1) is 9.41. The number of ether oxygens (including phenoxy) is 1. The van der Waals surface area contributed by atoms with E-state index in [0.717, 1.165) is 0 Å². The van der Waals surface area contributed by atoms with Crippen LogP contribution in [0, 0.1) is 0 Å². The number of ketones is 1. The Morgan fingerprint density at radius 2 is 2.00 bits per heavy atom. The fourth-order valence-corrected chi connectivity index (χ4v) is 1.78. The minimum absolute atomic E-state index is 0.0925. The number of rotatable bonds is 3. The molecular formula is C12H14O2. The first-order chi connectivity index (χ1) is 6.70. The Morgan fingerprint density at radius 3 is 2.50 bits per heavy atom. The van der Waals surface area contributed by atoms with Crippen molar-refractivity contribution in [2.75, 3.05) is 0 Å². The second-order valence-corrected chi connectivity index (χ2v) is 3.83. The number of carbonyl (C=O) groups is 1. The Hall–Kier alpha value is -1.15. The smallest absolute Gasteiger partial charge is 0.161 e. The van der Waals surface area contributed by atoms with Crippen molar-refractivity contribution in [2.24, 2.45) is 0 Å². The lowest BCUT2D eigenvalue weighted by atomic mass is 9.95. The van der Waals surface area contributed by atoms with E-state index in [1.165, 1.54) is 5.56 Å². The number of hydrogen-bond donors (Lipinski definition) is 0. The first-order valence-corrected chi connectivity index (χ1v) is 4.91. The van der Waals surface area contributed by atoms with Gasteiger partial charge >= 0.3 is 0 Å². The number of epoxide rings is 1. The highest BCUT2D eigenvalue weighted by molar-refractivity contribution is 5.83. The molecule has 0 amide bonds. The van der Waals surface area contributed by atoms with Crippen molar-refractivity contribution in [3.8, 4) is 0 Å². The molecule has 0 spiro atoms. The van der Waals surface area contributed by atoms with Gasteiger partial charge in [0.1, 0.15) is 6.10 Å². The number of hydrogen-bond acceptors (Lipinski definition) is 2. The van der Waals surface area contributed by atoms with Crippen LogP contribution in [0.1, 0.15) is 25.3 Å². The fraction of sp³-hybridized carbons (Fsp3) is 0.417. The molecule has 0 N–H and O–H groups in total. The Bertz CT molecular complexity index is 331. The van der Waals surface area contributed by atoms with E-state index in [1.807, 2.05) is 18.2 Å². The molecule has 1 aromatic carbocycles. The Morgan fingerprint density at radius 1 is 1.36 bits per heavy atom. The Balaban J connectivity index is 2.05. The fourth-order valence-electron chi connectivity index (χ4n) is 1.78. The highest BCUT2D eigenvalue weighted by Crippen LogP contribution is 2.35. The average molecular weight is 190 g/mol. The maximum Gasteiger partial charge on any atom is 0.161 e. The molecule has 0 aromatic heterocycles. The number of carbonyl (C=O) groups excluding carboxylic acids is 1. The van der Waals surface area contributed by atoms with E-state index in [2.05, 4.69) is 19.1 Å². The third-order valence-corrected chi connectivity index (χ3v) is 2.74. The predicted molar refractivity (Wildman–Crippen MR) is 54.2 cm³/mol. The van der Waals surface area contributed by atoms with Crippen molar-refractivity contribution < 1.29 is 9.53 Å². The van der Waals surface area contributed by atoms with Gasteiger partial charge in [-0.05, 0) is 12.5 Å². The standard InChI is InChI=1S/C12H14O2/c1-8(10-6-4-3-5-7-10)11-12(14-11)9(2)13/h3-8,11-12H,1-2H3/t8?,11-,12-/m1/s1. The zero-order valence-electron chi connectivity index (χ0n) is 8.44. The topological polar surface area (TPSA) is 29.6 Å². The SMILES string of the molecule is CC(=O)[C@H]1O[C@@H]1C(C)c1ccccc1. The molecule has 0 radical (unpaired) electrons. The summed E-state index contributed by atoms with van der Waals surface area (Å²) in [4.78, 5) is 11.0. The first-order valence-electron chi connectivity index (χ1n) is 4.91. The van der Waals surface area contributed by atoms with Crippen LogP contribution in [0.4, 0.5) is 0 Å². The van der Waals surface area contributed by atoms with Crippen LogP contribution in [0.15, 0.2) is 30.3 Å². The van der Waals surface area contributed by atoms with Crippen molar-refractivity contribution in [1.82, 2.24) is 0 Å². The molecular weight excluding hydrogens is 176 g/mol. The predicted octanol–water partition coefficient (Wildman–Crippen LogP) is 2.15. The van der Waals surface area contributed by atoms with Gasteiger partial charge < -0.3 is 4.74 Å². The van der Waals surface area contributed by atoms with Crippen molar-refractivity contribution >= 4 is 5.78 Å². The Labute approximate surface area is 83.9 Å². The van der Waals surface area contributed by atoms with Gasteiger partial charge in [-0.1, -0.05) is 37.3 Å². The van der Waals surface area contributed by atoms with Crippen LogP contribution >= 0.6 is 0 Å². The third kappa shape index (κ3) is 1.70. The summed E-state index contributed by atoms with van der Waals surface area (Å²) in [5, 5.41) is 0. The molecule has 74 valence electrons. The van der Waals surface area contributed by atoms with E-state index < -0.39 is 0 Å². The number of Topliss-reactive ketones (excluding diaryl/α,β-unsaturated/α-hetero) is 1. The zero-order valence-corrected chi connectivity index (χ0v) is 8.44. The molecule has 1 aliphatic heterocycles. The summed E-state index contributed by atoms with van der Waals surface area (Å²) in [7, 11) is 0. The van der Waals surface area contributed by atoms with Crippen LogP contribution in [-0.4, -0.2) is 18.0 Å². The van der Waals surface area contributed by atoms with Crippen molar-refractivity contribution in [2.45, 2.75) is 32.0 Å². The van der Waals surface area contributed by atoms with E-state index in [-0.39, 0.29) is 18.0 Å². The summed E-state index contributed by atoms with van der Waals surface area (Å²) in [5.41, 5.74) is 1.24. The second-order valence-electron chi connectivity index (χ2n) is 3.83. The molecule has 1 saturated heterocycles. The van der Waals surface area contributed by atoms with Crippen LogP contribution in [0.3, 0.4) is 0 Å². The molecule has 0 aliphatic carbocycles. The van der Waals surface area contributed by atoms with Crippen LogP contribution in [0.25, 0.3) is 0 Å². The van der Waals surface area contributed by atoms with Gasteiger partial charge in [-0.2, -0.15) is 0 Å². The molecule has 1 heterocycles. The summed E-state index contributed by atoms with van der Waals surface area (Å²) in [6.07, 6.45) is -0.0693. The van der Waals surface area contributed by atoms with E-state index in [4.69, 9.17) is 4.74 Å². The molecule has 1 aliphatic rings. The maximum absolute atomic E-state index is 11.0. The monoisotopic (exact) mass is 190 g/mol. The Kier molecular flexibility index (Phi) is 2.38. The third-order valence-electron chi connectivity index (χ3n) is 2.74. The lowest BCUT2D eigenvalue weighted by Crippen LogP contribution is -2.10. The van der Waals surface area contributed by atoms with E-state index in [9.17, 15) is 4.79 Å². The van der Waals surface area contributed by atoms with Gasteiger partial charge in [0.25, 0.3) is 0 Å². The normalized spacial score (nSPS) is 27.0. The van der Waals surface area contributed by atoms with Crippen LogP contribution in [-0.2, 0) is 9.53 Å². The van der Waals surface area contributed by atoms with Crippen molar-refractivity contribution in [3.63, 3.8) is 0 Å². The van der Waals surface area contributed by atoms with Gasteiger partial charge in [-0.25, -0.2) is 0 Å². The summed E-state index contributed by atoms with van der Waals surface area (Å²) in [6.45, 7) is 3.69. The maximum atomic E-state index is 11.0. The van der Waals surface area contributed by atoms with Crippen molar-refractivity contribution in [3.05, 3.63) is 35.9 Å². The average Bonchev–Trinajstić information content (AvgIpc) is 2.97. The van der Waals surface area contributed by atoms with E-state index in [0.29, 0.717) is 5.92 Å². The van der Waals surface area contributed by atoms with E-state index >= 15 is 0 Å². The molecule has 1 aromatic rings. The van der Waals surface area contributed by atoms with Gasteiger partial charge in [0.15, 0.2) is 5.78 Å². The molecule has 2 heteroatoms. The minimum Gasteiger partial charge on any atom is -0.361 e. The van der Waals surface area contributed by atoms with Gasteiger partial charge in [0.05, 0.1) is 6.10 Å². The molecule has 0 bridgehead atoms. The quantitative estimate of drug-likeness (QED) is 0.683. The molecule has 0 saturated carbocycles. The summed E-state index contributed by atoms with van der Waals surface area (Å²) < 4.78 is 5.35. The molecule has 3 atom stereocenters. The molecule has 1 unspecified atom stereocenters. The lowest BCUT2D eigenvalue weighted by molar-refractivity contribution is -0.118.